The van der Waals surface area contributed by atoms with Gasteiger partial charge < -0.3 is 4.42 Å². The molecular weight excluding hydrogens is 266 g/mol. The SMILES string of the molecule is Cc1cccc(CC(=O)c2ccc3c(c2)oc(=O)n3C)c1. The molecular formula is C17H15NO3. The highest BCUT2D eigenvalue weighted by atomic mass is 16.4. The minimum Gasteiger partial charge on any atom is -0.408 e. The number of aromatic nitrogens is 1. The van der Waals surface area contributed by atoms with Crippen LogP contribution in [0, 0.1) is 6.92 Å². The molecule has 0 saturated carbocycles. The maximum atomic E-state index is 12.3. The van der Waals surface area contributed by atoms with E-state index in [1.807, 2.05) is 31.2 Å². The van der Waals surface area contributed by atoms with Gasteiger partial charge in [0.2, 0.25) is 0 Å². The first-order valence-corrected chi connectivity index (χ1v) is 6.73. The first-order valence-electron chi connectivity index (χ1n) is 6.73. The van der Waals surface area contributed by atoms with Gasteiger partial charge in [0.05, 0.1) is 5.52 Å². The Balaban J connectivity index is 1.93. The Labute approximate surface area is 121 Å². The van der Waals surface area contributed by atoms with Crippen molar-refractivity contribution >= 4 is 16.9 Å². The second kappa shape index (κ2) is 5.05. The number of aryl methyl sites for hydroxylation is 2. The number of hydrogen-bond donors (Lipinski definition) is 0. The smallest absolute Gasteiger partial charge is 0.408 e. The lowest BCUT2D eigenvalue weighted by molar-refractivity contribution is 0.0993. The summed E-state index contributed by atoms with van der Waals surface area (Å²) < 4.78 is 6.53. The molecule has 0 N–H and O–H groups in total. The Bertz CT molecular complexity index is 886. The first kappa shape index (κ1) is 13.4. The number of Topliss-reactive ketones (excluding diaryl/α,β-unsaturated/α-hetero) is 1. The quantitative estimate of drug-likeness (QED) is 0.694. The van der Waals surface area contributed by atoms with Crippen molar-refractivity contribution in [3.05, 3.63) is 69.7 Å². The third kappa shape index (κ3) is 2.52. The molecule has 21 heavy (non-hydrogen) atoms. The molecule has 106 valence electrons. The molecule has 0 saturated heterocycles. The van der Waals surface area contributed by atoms with E-state index in [4.69, 9.17) is 4.42 Å². The highest BCUT2D eigenvalue weighted by Crippen LogP contribution is 2.16. The summed E-state index contributed by atoms with van der Waals surface area (Å²) in [6, 6.07) is 13.0. The van der Waals surface area contributed by atoms with Gasteiger partial charge in [-0.2, -0.15) is 0 Å². The third-order valence-corrected chi connectivity index (χ3v) is 3.56. The van der Waals surface area contributed by atoms with Crippen molar-refractivity contribution in [2.24, 2.45) is 7.05 Å². The molecule has 0 unspecified atom stereocenters. The molecule has 0 bridgehead atoms. The van der Waals surface area contributed by atoms with Crippen molar-refractivity contribution in [2.45, 2.75) is 13.3 Å². The van der Waals surface area contributed by atoms with E-state index < -0.39 is 5.76 Å². The number of rotatable bonds is 3. The number of hydrogen-bond acceptors (Lipinski definition) is 3. The molecule has 1 aromatic heterocycles. The van der Waals surface area contributed by atoms with Gasteiger partial charge in [-0.1, -0.05) is 29.8 Å². The molecule has 0 radical (unpaired) electrons. The van der Waals surface area contributed by atoms with Crippen LogP contribution in [0.4, 0.5) is 0 Å². The predicted octanol–water partition coefficient (Wildman–Crippen LogP) is 2.87. The fraction of sp³-hybridized carbons (Fsp3) is 0.176. The second-order valence-electron chi connectivity index (χ2n) is 5.20. The Hall–Kier alpha value is -2.62. The molecule has 0 aliphatic rings. The van der Waals surface area contributed by atoms with E-state index in [1.54, 1.807) is 25.2 Å². The van der Waals surface area contributed by atoms with Crippen LogP contribution in [0.3, 0.4) is 0 Å². The molecule has 0 amide bonds. The zero-order chi connectivity index (χ0) is 15.0. The lowest BCUT2D eigenvalue weighted by atomic mass is 10.0. The van der Waals surface area contributed by atoms with Crippen LogP contribution in [-0.2, 0) is 13.5 Å². The van der Waals surface area contributed by atoms with E-state index in [1.165, 1.54) is 4.57 Å². The van der Waals surface area contributed by atoms with Crippen LogP contribution in [0.25, 0.3) is 11.1 Å². The molecule has 1 heterocycles. The van der Waals surface area contributed by atoms with Crippen LogP contribution in [0.2, 0.25) is 0 Å². The van der Waals surface area contributed by atoms with Gasteiger partial charge in [-0.25, -0.2) is 4.79 Å². The summed E-state index contributed by atoms with van der Waals surface area (Å²) in [6.07, 6.45) is 0.338. The summed E-state index contributed by atoms with van der Waals surface area (Å²) >= 11 is 0. The van der Waals surface area contributed by atoms with E-state index in [0.717, 1.165) is 11.1 Å². The minimum absolute atomic E-state index is 0.00834. The summed E-state index contributed by atoms with van der Waals surface area (Å²) in [5.41, 5.74) is 3.79. The largest absolute Gasteiger partial charge is 0.419 e. The molecule has 0 fully saturated rings. The van der Waals surface area contributed by atoms with Crippen LogP contribution >= 0.6 is 0 Å². The third-order valence-electron chi connectivity index (χ3n) is 3.56. The van der Waals surface area contributed by atoms with Crippen molar-refractivity contribution in [3.8, 4) is 0 Å². The van der Waals surface area contributed by atoms with Gasteiger partial charge in [-0.3, -0.25) is 9.36 Å². The zero-order valence-corrected chi connectivity index (χ0v) is 11.9. The summed E-state index contributed by atoms with van der Waals surface area (Å²) in [5.74, 6) is -0.415. The zero-order valence-electron chi connectivity index (χ0n) is 11.9. The molecule has 0 atom stereocenters. The monoisotopic (exact) mass is 281 g/mol. The van der Waals surface area contributed by atoms with Gasteiger partial charge >= 0.3 is 5.76 Å². The number of benzene rings is 2. The number of carbonyl (C=O) groups excluding carboxylic acids is 1. The molecule has 0 aliphatic carbocycles. The van der Waals surface area contributed by atoms with Crippen molar-refractivity contribution in [3.63, 3.8) is 0 Å². The van der Waals surface area contributed by atoms with E-state index >= 15 is 0 Å². The lowest BCUT2D eigenvalue weighted by Crippen LogP contribution is -2.08. The second-order valence-corrected chi connectivity index (χ2v) is 5.20. The van der Waals surface area contributed by atoms with Crippen molar-refractivity contribution < 1.29 is 9.21 Å². The van der Waals surface area contributed by atoms with Crippen LogP contribution < -0.4 is 5.76 Å². The van der Waals surface area contributed by atoms with Crippen LogP contribution in [-0.4, -0.2) is 10.4 Å². The van der Waals surface area contributed by atoms with Gasteiger partial charge in [0, 0.05) is 19.0 Å². The van der Waals surface area contributed by atoms with Gasteiger partial charge in [0.25, 0.3) is 0 Å². The summed E-state index contributed by atoms with van der Waals surface area (Å²) in [5, 5.41) is 0. The molecule has 4 heteroatoms. The van der Waals surface area contributed by atoms with Crippen LogP contribution in [0.5, 0.6) is 0 Å². The molecule has 0 spiro atoms. The first-order chi connectivity index (χ1) is 10.0. The standard InChI is InChI=1S/C17H15NO3/c1-11-4-3-5-12(8-11)9-15(19)13-6-7-14-16(10-13)21-17(20)18(14)2/h3-8,10H,9H2,1-2H3. The van der Waals surface area contributed by atoms with Gasteiger partial charge in [-0.05, 0) is 30.7 Å². The number of oxazole rings is 1. The summed E-state index contributed by atoms with van der Waals surface area (Å²) in [4.78, 5) is 23.8. The lowest BCUT2D eigenvalue weighted by Gasteiger charge is -2.03. The van der Waals surface area contributed by atoms with Gasteiger partial charge in [-0.15, -0.1) is 0 Å². The molecule has 3 rings (SSSR count). The van der Waals surface area contributed by atoms with Crippen molar-refractivity contribution in [2.75, 3.05) is 0 Å². The van der Waals surface area contributed by atoms with Crippen LogP contribution in [0.1, 0.15) is 21.5 Å². The number of nitrogens with zero attached hydrogens (tertiary/aromatic N) is 1. The Kier molecular flexibility index (Phi) is 3.22. The number of carbonyl (C=O) groups is 1. The normalized spacial score (nSPS) is 11.0. The summed E-state index contributed by atoms with van der Waals surface area (Å²) in [7, 11) is 1.64. The maximum absolute atomic E-state index is 12.3. The Morgan fingerprint density at radius 2 is 2.00 bits per heavy atom. The van der Waals surface area contributed by atoms with E-state index in [0.29, 0.717) is 23.1 Å². The highest BCUT2D eigenvalue weighted by molar-refractivity contribution is 5.99. The number of fused-ring (bicyclic) bond motifs is 1. The highest BCUT2D eigenvalue weighted by Gasteiger charge is 2.11. The molecule has 0 aliphatic heterocycles. The Morgan fingerprint density at radius 3 is 2.76 bits per heavy atom. The van der Waals surface area contributed by atoms with Crippen molar-refractivity contribution in [1.29, 1.82) is 0 Å². The van der Waals surface area contributed by atoms with E-state index in [-0.39, 0.29) is 5.78 Å². The van der Waals surface area contributed by atoms with E-state index in [9.17, 15) is 9.59 Å². The topological polar surface area (TPSA) is 52.2 Å². The average Bonchev–Trinajstić information content (AvgIpc) is 2.73. The van der Waals surface area contributed by atoms with Gasteiger partial charge in [0.1, 0.15) is 0 Å². The van der Waals surface area contributed by atoms with E-state index in [2.05, 4.69) is 0 Å². The molecule has 2 aromatic carbocycles. The predicted molar refractivity (Wildman–Crippen MR) is 80.7 cm³/mol. The van der Waals surface area contributed by atoms with Crippen molar-refractivity contribution in [1.82, 2.24) is 4.57 Å². The van der Waals surface area contributed by atoms with Gasteiger partial charge in [0.15, 0.2) is 11.4 Å². The van der Waals surface area contributed by atoms with Crippen LogP contribution in [0.15, 0.2) is 51.7 Å². The summed E-state index contributed by atoms with van der Waals surface area (Å²) in [6.45, 7) is 2.00. The fourth-order valence-corrected chi connectivity index (χ4v) is 2.42. The maximum Gasteiger partial charge on any atom is 0.419 e. The Morgan fingerprint density at radius 1 is 1.19 bits per heavy atom. The fourth-order valence-electron chi connectivity index (χ4n) is 2.42. The average molecular weight is 281 g/mol. The minimum atomic E-state index is -0.423. The number of ketones is 1. The molecule has 4 nitrogen and oxygen atoms in total. The molecule has 3 aromatic rings.